The number of hydrogen-bond donors (Lipinski definition) is 2. The van der Waals surface area contributed by atoms with Gasteiger partial charge in [-0.05, 0) is 25.3 Å². The molecule has 16 heavy (non-hydrogen) atoms. The van der Waals surface area contributed by atoms with E-state index in [2.05, 4.69) is 12.2 Å². The molecule has 0 aromatic rings. The van der Waals surface area contributed by atoms with Crippen molar-refractivity contribution >= 4 is 11.9 Å². The van der Waals surface area contributed by atoms with Crippen molar-refractivity contribution in [3.05, 3.63) is 0 Å². The van der Waals surface area contributed by atoms with Crippen LogP contribution in [0.4, 0.5) is 0 Å². The monoisotopic (exact) mass is 228 g/mol. The fourth-order valence-electron chi connectivity index (χ4n) is 2.08. The third kappa shape index (κ3) is 3.48. The van der Waals surface area contributed by atoms with E-state index in [1.807, 2.05) is 4.90 Å². The van der Waals surface area contributed by atoms with Gasteiger partial charge in [-0.15, -0.1) is 0 Å². The van der Waals surface area contributed by atoms with Gasteiger partial charge in [0, 0.05) is 20.0 Å². The summed E-state index contributed by atoms with van der Waals surface area (Å²) in [5, 5.41) is 11.7. The van der Waals surface area contributed by atoms with E-state index in [0.717, 1.165) is 13.0 Å². The number of nitrogens with zero attached hydrogens (tertiary/aromatic N) is 1. The second kappa shape index (κ2) is 5.84. The van der Waals surface area contributed by atoms with E-state index in [1.165, 1.54) is 0 Å². The van der Waals surface area contributed by atoms with Crippen molar-refractivity contribution in [2.75, 3.05) is 20.1 Å². The number of rotatable bonds is 4. The lowest BCUT2D eigenvalue weighted by Gasteiger charge is -2.35. The zero-order chi connectivity index (χ0) is 12.1. The van der Waals surface area contributed by atoms with Gasteiger partial charge in [0.1, 0.15) is 6.04 Å². The fourth-order valence-corrected chi connectivity index (χ4v) is 2.08. The van der Waals surface area contributed by atoms with Gasteiger partial charge in [-0.2, -0.15) is 0 Å². The number of hydrogen-bond acceptors (Lipinski definition) is 3. The van der Waals surface area contributed by atoms with Gasteiger partial charge >= 0.3 is 5.97 Å². The number of aliphatic carboxylic acids is 1. The van der Waals surface area contributed by atoms with Gasteiger partial charge in [0.2, 0.25) is 5.91 Å². The van der Waals surface area contributed by atoms with Gasteiger partial charge in [-0.3, -0.25) is 14.5 Å². The zero-order valence-electron chi connectivity index (χ0n) is 9.90. The van der Waals surface area contributed by atoms with Crippen LogP contribution in [0.5, 0.6) is 0 Å². The Kier molecular flexibility index (Phi) is 4.73. The average molecular weight is 228 g/mol. The van der Waals surface area contributed by atoms with E-state index in [9.17, 15) is 9.59 Å². The first-order valence-corrected chi connectivity index (χ1v) is 5.72. The van der Waals surface area contributed by atoms with Crippen LogP contribution in [-0.4, -0.2) is 48.1 Å². The number of carbonyl (C=O) groups is 2. The van der Waals surface area contributed by atoms with Crippen LogP contribution in [0.3, 0.4) is 0 Å². The molecule has 92 valence electrons. The van der Waals surface area contributed by atoms with Crippen molar-refractivity contribution in [3.8, 4) is 0 Å². The van der Waals surface area contributed by atoms with Crippen LogP contribution in [0, 0.1) is 5.92 Å². The normalized spacial score (nSPS) is 26.4. The highest BCUT2D eigenvalue weighted by molar-refractivity contribution is 5.76. The van der Waals surface area contributed by atoms with E-state index >= 15 is 0 Å². The van der Waals surface area contributed by atoms with Crippen LogP contribution in [0.2, 0.25) is 0 Å². The van der Waals surface area contributed by atoms with Crippen molar-refractivity contribution < 1.29 is 14.7 Å². The molecule has 2 atom stereocenters. The van der Waals surface area contributed by atoms with Gasteiger partial charge in [0.15, 0.2) is 0 Å². The summed E-state index contributed by atoms with van der Waals surface area (Å²) in [6.07, 6.45) is 2.06. The molecular formula is C11H20N2O3. The summed E-state index contributed by atoms with van der Waals surface area (Å²) in [6.45, 7) is 3.38. The molecule has 0 spiro atoms. The first-order valence-electron chi connectivity index (χ1n) is 5.72. The maximum Gasteiger partial charge on any atom is 0.320 e. The number of nitrogens with one attached hydrogen (secondary N) is 1. The van der Waals surface area contributed by atoms with Crippen LogP contribution < -0.4 is 5.32 Å². The highest BCUT2D eigenvalue weighted by Gasteiger charge is 2.31. The van der Waals surface area contributed by atoms with Crippen molar-refractivity contribution in [2.24, 2.45) is 5.92 Å². The van der Waals surface area contributed by atoms with Crippen molar-refractivity contribution in [3.63, 3.8) is 0 Å². The van der Waals surface area contributed by atoms with E-state index < -0.39 is 12.0 Å². The maximum absolute atomic E-state index is 11.1. The molecule has 0 saturated carbocycles. The summed E-state index contributed by atoms with van der Waals surface area (Å²) in [5.74, 6) is -0.358. The van der Waals surface area contributed by atoms with Crippen molar-refractivity contribution in [1.82, 2.24) is 10.2 Å². The third-order valence-electron chi connectivity index (χ3n) is 3.17. The summed E-state index contributed by atoms with van der Waals surface area (Å²) in [6, 6.07) is -0.423. The predicted octanol–water partition coefficient (Wildman–Crippen LogP) is 0.308. The van der Waals surface area contributed by atoms with Gasteiger partial charge in [0.05, 0.1) is 0 Å². The third-order valence-corrected chi connectivity index (χ3v) is 3.17. The summed E-state index contributed by atoms with van der Waals surface area (Å²) in [5.41, 5.74) is 0. The molecule has 0 aromatic carbocycles. The molecule has 1 rings (SSSR count). The Bertz CT molecular complexity index is 268. The molecule has 1 amide bonds. The lowest BCUT2D eigenvalue weighted by molar-refractivity contribution is -0.145. The van der Waals surface area contributed by atoms with E-state index in [1.54, 1.807) is 7.05 Å². The molecular weight excluding hydrogens is 208 g/mol. The molecule has 1 aliphatic rings. The van der Waals surface area contributed by atoms with Crippen LogP contribution in [0.25, 0.3) is 0 Å². The van der Waals surface area contributed by atoms with E-state index in [-0.39, 0.29) is 5.91 Å². The standard InChI is InChI=1S/C11H20N2O3/c1-8-3-5-13(6-4-10(14)12-2)9(7-8)11(15)16/h8-9H,3-7H2,1-2H3,(H,12,14)(H,15,16). The number of carboxylic acid groups (broad SMARTS) is 1. The van der Waals surface area contributed by atoms with Gasteiger partial charge in [-0.1, -0.05) is 6.92 Å². The van der Waals surface area contributed by atoms with Crippen molar-refractivity contribution in [2.45, 2.75) is 32.2 Å². The van der Waals surface area contributed by atoms with Crippen LogP contribution in [0.1, 0.15) is 26.2 Å². The molecule has 1 heterocycles. The van der Waals surface area contributed by atoms with Gasteiger partial charge in [0.25, 0.3) is 0 Å². The number of piperidine rings is 1. The maximum atomic E-state index is 11.1. The minimum atomic E-state index is -0.775. The number of carboxylic acids is 1. The fraction of sp³-hybridized carbons (Fsp3) is 0.818. The van der Waals surface area contributed by atoms with Crippen LogP contribution in [0.15, 0.2) is 0 Å². The predicted molar refractivity (Wildman–Crippen MR) is 60.1 cm³/mol. The molecule has 1 saturated heterocycles. The lowest BCUT2D eigenvalue weighted by Crippen LogP contribution is -2.47. The number of carbonyl (C=O) groups excluding carboxylic acids is 1. The minimum absolute atomic E-state index is 0.0391. The minimum Gasteiger partial charge on any atom is -0.480 e. The van der Waals surface area contributed by atoms with Crippen LogP contribution in [-0.2, 0) is 9.59 Å². The Hall–Kier alpha value is -1.10. The SMILES string of the molecule is CNC(=O)CCN1CCC(C)CC1C(=O)O. The summed E-state index contributed by atoms with van der Waals surface area (Å²) >= 11 is 0. The first kappa shape index (κ1) is 13.0. The second-order valence-electron chi connectivity index (χ2n) is 4.44. The highest BCUT2D eigenvalue weighted by atomic mass is 16.4. The molecule has 5 nitrogen and oxygen atoms in total. The molecule has 0 aromatic heterocycles. The topological polar surface area (TPSA) is 69.6 Å². The average Bonchev–Trinajstić information content (AvgIpc) is 2.26. The van der Waals surface area contributed by atoms with Gasteiger partial charge in [-0.25, -0.2) is 0 Å². The van der Waals surface area contributed by atoms with Crippen molar-refractivity contribution in [1.29, 1.82) is 0 Å². The summed E-state index contributed by atoms with van der Waals surface area (Å²) in [4.78, 5) is 24.1. The Morgan fingerprint density at radius 2 is 2.19 bits per heavy atom. The highest BCUT2D eigenvalue weighted by Crippen LogP contribution is 2.22. The molecule has 0 radical (unpaired) electrons. The number of amides is 1. The zero-order valence-corrected chi connectivity index (χ0v) is 9.90. The van der Waals surface area contributed by atoms with E-state index in [0.29, 0.717) is 25.3 Å². The first-order chi connectivity index (χ1) is 7.54. The molecule has 1 fully saturated rings. The summed E-state index contributed by atoms with van der Waals surface area (Å²) in [7, 11) is 1.59. The molecule has 1 aliphatic heterocycles. The van der Waals surface area contributed by atoms with Gasteiger partial charge < -0.3 is 10.4 Å². The Morgan fingerprint density at radius 3 is 2.75 bits per heavy atom. The number of likely N-dealkylation sites (tertiary alicyclic amines) is 1. The Morgan fingerprint density at radius 1 is 1.50 bits per heavy atom. The molecule has 2 unspecified atom stereocenters. The second-order valence-corrected chi connectivity index (χ2v) is 4.44. The molecule has 0 aliphatic carbocycles. The molecule has 0 bridgehead atoms. The lowest BCUT2D eigenvalue weighted by atomic mass is 9.92. The quantitative estimate of drug-likeness (QED) is 0.726. The van der Waals surface area contributed by atoms with Crippen LogP contribution >= 0.6 is 0 Å². The van der Waals surface area contributed by atoms with E-state index in [4.69, 9.17) is 5.11 Å². The summed E-state index contributed by atoms with van der Waals surface area (Å²) < 4.78 is 0. The Labute approximate surface area is 95.8 Å². The molecule has 5 heteroatoms. The molecule has 2 N–H and O–H groups in total. The smallest absolute Gasteiger partial charge is 0.320 e. The largest absolute Gasteiger partial charge is 0.480 e. The Balaban J connectivity index is 2.49.